The van der Waals surface area contributed by atoms with E-state index in [2.05, 4.69) is 20.7 Å². The van der Waals surface area contributed by atoms with E-state index in [4.69, 9.17) is 4.74 Å². The first-order valence-corrected chi connectivity index (χ1v) is 13.6. The topological polar surface area (TPSA) is 103 Å². The maximum Gasteiger partial charge on any atom is 0.243 e. The van der Waals surface area contributed by atoms with Gasteiger partial charge in [-0.3, -0.25) is 14.7 Å². The lowest BCUT2D eigenvalue weighted by Gasteiger charge is -2.28. The maximum absolute atomic E-state index is 14.9. The summed E-state index contributed by atoms with van der Waals surface area (Å²) in [4.78, 5) is 30.3. The lowest BCUT2D eigenvalue weighted by molar-refractivity contribution is -0.138. The predicted molar refractivity (Wildman–Crippen MR) is 145 cm³/mol. The number of hydrogen-bond donors (Lipinski definition) is 2. The quantitative estimate of drug-likeness (QED) is 0.445. The Labute approximate surface area is 231 Å². The summed E-state index contributed by atoms with van der Waals surface area (Å²) < 4.78 is 35.0. The van der Waals surface area contributed by atoms with Gasteiger partial charge in [0.2, 0.25) is 11.8 Å². The molecule has 2 saturated heterocycles. The molecule has 0 radical (unpaired) electrons. The van der Waals surface area contributed by atoms with Gasteiger partial charge >= 0.3 is 0 Å². The zero-order valence-electron chi connectivity index (χ0n) is 22.6. The maximum atomic E-state index is 14.9. The number of H-pyrrole nitrogens is 1. The van der Waals surface area contributed by atoms with E-state index in [1.54, 1.807) is 12.1 Å². The molecule has 3 atom stereocenters. The first-order valence-electron chi connectivity index (χ1n) is 13.6. The summed E-state index contributed by atoms with van der Waals surface area (Å²) in [5.41, 5.74) is 2.41. The summed E-state index contributed by atoms with van der Waals surface area (Å²) in [7, 11) is 0. The Morgan fingerprint density at radius 3 is 2.58 bits per heavy atom. The number of ether oxygens (including phenoxy) is 1. The van der Waals surface area contributed by atoms with Crippen molar-refractivity contribution in [2.24, 2.45) is 0 Å². The highest BCUT2D eigenvalue weighted by Crippen LogP contribution is 2.29. The summed E-state index contributed by atoms with van der Waals surface area (Å²) in [5.74, 6) is -0.679. The first kappa shape index (κ1) is 27.7. The molecule has 2 aromatic carbocycles. The molecule has 3 heterocycles. The number of rotatable bonds is 8. The molecule has 9 nitrogen and oxygen atoms in total. The second kappa shape index (κ2) is 12.1. The van der Waals surface area contributed by atoms with Gasteiger partial charge in [0.25, 0.3) is 0 Å². The van der Waals surface area contributed by atoms with Gasteiger partial charge in [-0.15, -0.1) is 5.10 Å². The highest BCUT2D eigenvalue weighted by Gasteiger charge is 2.41. The number of alkyl halides is 1. The van der Waals surface area contributed by atoms with Crippen molar-refractivity contribution in [1.29, 1.82) is 0 Å². The Morgan fingerprint density at radius 2 is 1.88 bits per heavy atom. The molecule has 2 fully saturated rings. The number of aromatic amines is 1. The summed E-state index contributed by atoms with van der Waals surface area (Å²) in [6, 6.07) is 12.5. The summed E-state index contributed by atoms with van der Waals surface area (Å²) in [5, 5.41) is 13.8. The van der Waals surface area contributed by atoms with Crippen LogP contribution in [0.5, 0.6) is 0 Å². The molecule has 0 saturated carbocycles. The SMILES string of the molecule is CC(C)c1ccc(C(NC(=O)C2CC(F)CN2C(=O)Cc2[nH]nnc2N2CCOCC2)c2ccccc2)cc1F. The van der Waals surface area contributed by atoms with E-state index in [-0.39, 0.29) is 31.1 Å². The van der Waals surface area contributed by atoms with Gasteiger partial charge in [-0.1, -0.05) is 61.5 Å². The summed E-state index contributed by atoms with van der Waals surface area (Å²) in [6.07, 6.45) is -1.55. The van der Waals surface area contributed by atoms with Crippen molar-refractivity contribution in [1.82, 2.24) is 25.6 Å². The standard InChI is InChI=1S/C29H34F2N6O3/c1-18(2)22-9-8-20(14-23(22)31)27(19-6-4-3-5-7-19)32-29(39)25-15-21(30)17-37(25)26(38)16-24-28(34-35-33-24)36-10-12-40-13-11-36/h3-9,14,18,21,25,27H,10-13,15-17H2,1-2H3,(H,32,39)(H,33,34,35). The third-order valence-electron chi connectivity index (χ3n) is 7.51. The zero-order valence-corrected chi connectivity index (χ0v) is 22.6. The normalized spacial score (nSPS) is 20.1. The lowest BCUT2D eigenvalue weighted by atomic mass is 9.94. The molecular weight excluding hydrogens is 518 g/mol. The van der Waals surface area contributed by atoms with Gasteiger partial charge in [-0.25, -0.2) is 8.78 Å². The van der Waals surface area contributed by atoms with Crippen molar-refractivity contribution >= 4 is 17.6 Å². The van der Waals surface area contributed by atoms with Crippen LogP contribution in [-0.4, -0.2) is 77.2 Å². The predicted octanol–water partition coefficient (Wildman–Crippen LogP) is 3.29. The number of carbonyl (C=O) groups is 2. The van der Waals surface area contributed by atoms with E-state index in [0.29, 0.717) is 48.9 Å². The fraction of sp³-hybridized carbons (Fsp3) is 0.448. The van der Waals surface area contributed by atoms with Crippen molar-refractivity contribution in [3.8, 4) is 0 Å². The van der Waals surface area contributed by atoms with Crippen LogP contribution in [0.2, 0.25) is 0 Å². The molecule has 2 aliphatic heterocycles. The highest BCUT2D eigenvalue weighted by atomic mass is 19.1. The number of nitrogens with one attached hydrogen (secondary N) is 2. The Morgan fingerprint density at radius 1 is 1.12 bits per heavy atom. The number of nitrogens with zero attached hydrogens (tertiary/aromatic N) is 4. The molecule has 40 heavy (non-hydrogen) atoms. The van der Waals surface area contributed by atoms with Crippen LogP contribution >= 0.6 is 0 Å². The van der Waals surface area contributed by atoms with Gasteiger partial charge in [-0.05, 0) is 28.7 Å². The number of aromatic nitrogens is 3. The second-order valence-corrected chi connectivity index (χ2v) is 10.6. The van der Waals surface area contributed by atoms with Crippen LogP contribution in [0.4, 0.5) is 14.6 Å². The summed E-state index contributed by atoms with van der Waals surface area (Å²) >= 11 is 0. The van der Waals surface area contributed by atoms with Gasteiger partial charge in [0.05, 0.1) is 37.9 Å². The Balaban J connectivity index is 1.35. The third kappa shape index (κ3) is 5.99. The number of likely N-dealkylation sites (tertiary alicyclic amines) is 1. The minimum absolute atomic E-state index is 0.00666. The van der Waals surface area contributed by atoms with Gasteiger partial charge in [0.15, 0.2) is 5.82 Å². The number of amides is 2. The monoisotopic (exact) mass is 552 g/mol. The molecule has 3 aromatic rings. The molecule has 5 rings (SSSR count). The van der Waals surface area contributed by atoms with Crippen LogP contribution in [0.15, 0.2) is 48.5 Å². The molecule has 3 unspecified atom stereocenters. The van der Waals surface area contributed by atoms with E-state index in [1.807, 2.05) is 49.1 Å². The lowest BCUT2D eigenvalue weighted by Crippen LogP contribution is -2.47. The van der Waals surface area contributed by atoms with Gasteiger partial charge in [0, 0.05) is 19.5 Å². The minimum atomic E-state index is -1.34. The van der Waals surface area contributed by atoms with E-state index < -0.39 is 30.1 Å². The zero-order chi connectivity index (χ0) is 28.2. The number of anilines is 1. The Kier molecular flexibility index (Phi) is 8.39. The number of morpholine rings is 1. The van der Waals surface area contributed by atoms with Crippen LogP contribution in [0.3, 0.4) is 0 Å². The number of hydrogen-bond acceptors (Lipinski definition) is 6. The average Bonchev–Trinajstić information content (AvgIpc) is 3.58. The largest absolute Gasteiger partial charge is 0.378 e. The average molecular weight is 553 g/mol. The first-order chi connectivity index (χ1) is 19.3. The van der Waals surface area contributed by atoms with Gasteiger partial charge in [0.1, 0.15) is 18.0 Å². The highest BCUT2D eigenvalue weighted by molar-refractivity contribution is 5.90. The van der Waals surface area contributed by atoms with Gasteiger partial charge < -0.3 is 19.9 Å². The van der Waals surface area contributed by atoms with Crippen molar-refractivity contribution in [2.45, 2.75) is 50.9 Å². The minimum Gasteiger partial charge on any atom is -0.378 e. The molecule has 11 heteroatoms. The molecule has 0 spiro atoms. The van der Waals surface area contributed by atoms with E-state index >= 15 is 0 Å². The molecular formula is C29H34F2N6O3. The van der Waals surface area contributed by atoms with Crippen molar-refractivity contribution in [3.05, 3.63) is 76.7 Å². The van der Waals surface area contributed by atoms with E-state index in [1.165, 1.54) is 11.0 Å². The fourth-order valence-corrected chi connectivity index (χ4v) is 5.39. The second-order valence-electron chi connectivity index (χ2n) is 10.6. The molecule has 2 aliphatic rings. The molecule has 1 aromatic heterocycles. The molecule has 0 bridgehead atoms. The van der Waals surface area contributed by atoms with Crippen molar-refractivity contribution in [3.63, 3.8) is 0 Å². The molecule has 2 N–H and O–H groups in total. The third-order valence-corrected chi connectivity index (χ3v) is 7.51. The van der Waals surface area contributed by atoms with Crippen LogP contribution in [0.25, 0.3) is 0 Å². The van der Waals surface area contributed by atoms with Crippen LogP contribution in [-0.2, 0) is 20.7 Å². The van der Waals surface area contributed by atoms with E-state index in [0.717, 1.165) is 5.56 Å². The van der Waals surface area contributed by atoms with Crippen molar-refractivity contribution in [2.75, 3.05) is 37.7 Å². The molecule has 2 amide bonds. The number of benzene rings is 2. The van der Waals surface area contributed by atoms with Crippen LogP contribution in [0.1, 0.15) is 54.6 Å². The van der Waals surface area contributed by atoms with E-state index in [9.17, 15) is 18.4 Å². The number of halogens is 2. The van der Waals surface area contributed by atoms with Crippen molar-refractivity contribution < 1.29 is 23.1 Å². The molecule has 212 valence electrons. The summed E-state index contributed by atoms with van der Waals surface area (Å²) in [6.45, 7) is 5.98. The van der Waals surface area contributed by atoms with Crippen LogP contribution < -0.4 is 10.2 Å². The number of carbonyl (C=O) groups excluding carboxylic acids is 2. The molecule has 0 aliphatic carbocycles. The van der Waals surface area contributed by atoms with Crippen LogP contribution in [0, 0.1) is 5.82 Å². The van der Waals surface area contributed by atoms with Gasteiger partial charge in [-0.2, -0.15) is 0 Å². The smallest absolute Gasteiger partial charge is 0.243 e. The Hall–Kier alpha value is -3.86. The fourth-order valence-electron chi connectivity index (χ4n) is 5.39. The Bertz CT molecular complexity index is 1330.